The Kier molecular flexibility index (Phi) is 11.8. The number of benzene rings is 2. The second kappa shape index (κ2) is 13.5. The zero-order valence-corrected chi connectivity index (χ0v) is 21.0. The number of guanidine groups is 1. The van der Waals surface area contributed by atoms with Crippen molar-refractivity contribution in [2.75, 3.05) is 26.0 Å². The first-order chi connectivity index (χ1) is 13.9. The molecule has 0 aromatic heterocycles. The molecule has 0 spiro atoms. The molecule has 0 bridgehead atoms. The molecule has 0 radical (unpaired) electrons. The molecule has 8 heteroatoms. The normalized spacial score (nSPS) is 11.5. The largest absolute Gasteiger partial charge is 0.496 e. The van der Waals surface area contributed by atoms with Gasteiger partial charge >= 0.3 is 0 Å². The number of methoxy groups -OCH3 is 1. The molecule has 2 aromatic rings. The van der Waals surface area contributed by atoms with Crippen molar-refractivity contribution in [2.45, 2.75) is 32.6 Å². The van der Waals surface area contributed by atoms with E-state index in [4.69, 9.17) is 4.74 Å². The highest BCUT2D eigenvalue weighted by Gasteiger charge is 2.11. The second-order valence-corrected chi connectivity index (χ2v) is 9.05. The highest BCUT2D eigenvalue weighted by molar-refractivity contribution is 14.0. The Morgan fingerprint density at radius 3 is 2.50 bits per heavy atom. The average molecular weight is 545 g/mol. The first-order valence-electron chi connectivity index (χ1n) is 9.83. The van der Waals surface area contributed by atoms with E-state index in [2.05, 4.69) is 15.6 Å². The summed E-state index contributed by atoms with van der Waals surface area (Å²) in [4.78, 5) is 4.59. The predicted molar refractivity (Wildman–Crippen MR) is 135 cm³/mol. The van der Waals surface area contributed by atoms with Gasteiger partial charge in [-0.05, 0) is 37.5 Å². The summed E-state index contributed by atoms with van der Waals surface area (Å²) in [6.45, 7) is 5.75. The van der Waals surface area contributed by atoms with Crippen molar-refractivity contribution in [3.05, 3.63) is 65.2 Å². The van der Waals surface area contributed by atoms with E-state index in [0.717, 1.165) is 29.0 Å². The van der Waals surface area contributed by atoms with Gasteiger partial charge in [0.25, 0.3) is 0 Å². The highest BCUT2D eigenvalue weighted by atomic mass is 127. The van der Waals surface area contributed by atoms with Crippen LogP contribution in [0.3, 0.4) is 0 Å². The van der Waals surface area contributed by atoms with E-state index in [9.17, 15) is 8.42 Å². The lowest BCUT2D eigenvalue weighted by atomic mass is 10.1. The Hall–Kier alpha value is -1.81. The Bertz CT molecular complexity index is 903. The minimum Gasteiger partial charge on any atom is -0.496 e. The molecule has 0 aliphatic heterocycles. The molecule has 0 aliphatic rings. The van der Waals surface area contributed by atoms with E-state index in [1.807, 2.05) is 62.4 Å². The third kappa shape index (κ3) is 9.34. The number of halogens is 1. The number of nitrogens with one attached hydrogen (secondary N) is 2. The smallest absolute Gasteiger partial charge is 0.191 e. The quantitative estimate of drug-likeness (QED) is 0.206. The average Bonchev–Trinajstić information content (AvgIpc) is 2.70. The molecular weight excluding hydrogens is 513 g/mol. The van der Waals surface area contributed by atoms with E-state index in [-0.39, 0.29) is 35.5 Å². The summed E-state index contributed by atoms with van der Waals surface area (Å²) in [5.74, 6) is 1.70. The molecule has 0 aliphatic carbocycles. The lowest BCUT2D eigenvalue weighted by Crippen LogP contribution is -2.38. The standard InChI is InChI=1S/C22H31N3O3S.HI/c1-4-23-22(25-16-20-12-11-18(2)15-21(20)28-3)24-13-8-14-29(26,27)17-19-9-6-5-7-10-19;/h5-7,9-12,15H,4,8,13-14,16-17H2,1-3H3,(H2,23,24,25);1H. The molecular formula is C22H32IN3O3S. The number of aryl methyl sites for hydroxylation is 1. The van der Waals surface area contributed by atoms with Crippen LogP contribution in [0.15, 0.2) is 53.5 Å². The minimum atomic E-state index is -3.13. The number of rotatable bonds is 10. The zero-order valence-electron chi connectivity index (χ0n) is 17.8. The van der Waals surface area contributed by atoms with Crippen LogP contribution in [0.1, 0.15) is 30.0 Å². The fourth-order valence-corrected chi connectivity index (χ4v) is 4.32. The molecule has 2 aromatic carbocycles. The van der Waals surface area contributed by atoms with Gasteiger partial charge in [-0.25, -0.2) is 13.4 Å². The van der Waals surface area contributed by atoms with E-state index in [0.29, 0.717) is 25.5 Å². The molecule has 0 saturated heterocycles. The van der Waals surface area contributed by atoms with Crippen molar-refractivity contribution in [1.29, 1.82) is 0 Å². The Morgan fingerprint density at radius 1 is 1.10 bits per heavy atom. The first-order valence-corrected chi connectivity index (χ1v) is 11.7. The molecule has 6 nitrogen and oxygen atoms in total. The van der Waals surface area contributed by atoms with Crippen LogP contribution in [0.5, 0.6) is 5.75 Å². The third-order valence-corrected chi connectivity index (χ3v) is 6.03. The van der Waals surface area contributed by atoms with Crippen molar-refractivity contribution in [2.24, 2.45) is 4.99 Å². The summed E-state index contributed by atoms with van der Waals surface area (Å²) in [5.41, 5.74) is 2.96. The maximum atomic E-state index is 12.3. The molecule has 166 valence electrons. The van der Waals surface area contributed by atoms with Crippen LogP contribution in [0.2, 0.25) is 0 Å². The number of nitrogens with zero attached hydrogens (tertiary/aromatic N) is 1. The molecule has 0 fully saturated rings. The molecule has 2 N–H and O–H groups in total. The lowest BCUT2D eigenvalue weighted by Gasteiger charge is -2.12. The summed E-state index contributed by atoms with van der Waals surface area (Å²) in [6, 6.07) is 15.3. The summed E-state index contributed by atoms with van der Waals surface area (Å²) < 4.78 is 30.0. The maximum Gasteiger partial charge on any atom is 0.191 e. The van der Waals surface area contributed by atoms with Crippen molar-refractivity contribution in [1.82, 2.24) is 10.6 Å². The fourth-order valence-electron chi connectivity index (χ4n) is 2.89. The molecule has 0 amide bonds. The van der Waals surface area contributed by atoms with Crippen molar-refractivity contribution in [3.63, 3.8) is 0 Å². The Labute approximate surface area is 197 Å². The van der Waals surface area contributed by atoms with Crippen LogP contribution in [0.25, 0.3) is 0 Å². The minimum absolute atomic E-state index is 0. The lowest BCUT2D eigenvalue weighted by molar-refractivity contribution is 0.409. The Morgan fingerprint density at radius 2 is 1.83 bits per heavy atom. The number of hydrogen-bond acceptors (Lipinski definition) is 4. The number of hydrogen-bond donors (Lipinski definition) is 2. The van der Waals surface area contributed by atoms with Gasteiger partial charge in [-0.2, -0.15) is 0 Å². The van der Waals surface area contributed by atoms with Gasteiger partial charge in [-0.15, -0.1) is 24.0 Å². The Balaban J connectivity index is 0.00000450. The third-order valence-electron chi connectivity index (χ3n) is 4.35. The molecule has 0 unspecified atom stereocenters. The van der Waals surface area contributed by atoms with Crippen LogP contribution in [-0.4, -0.2) is 40.3 Å². The number of sulfone groups is 1. The predicted octanol–water partition coefficient (Wildman–Crippen LogP) is 3.68. The topological polar surface area (TPSA) is 79.8 Å². The van der Waals surface area contributed by atoms with E-state index < -0.39 is 9.84 Å². The van der Waals surface area contributed by atoms with Crippen LogP contribution >= 0.6 is 24.0 Å². The van der Waals surface area contributed by atoms with Gasteiger partial charge in [-0.3, -0.25) is 0 Å². The van der Waals surface area contributed by atoms with Gasteiger partial charge in [0.15, 0.2) is 15.8 Å². The summed E-state index contributed by atoms with van der Waals surface area (Å²) in [7, 11) is -1.48. The van der Waals surface area contributed by atoms with Crippen LogP contribution < -0.4 is 15.4 Å². The fraction of sp³-hybridized carbons (Fsp3) is 0.409. The van der Waals surface area contributed by atoms with Crippen LogP contribution in [-0.2, 0) is 22.1 Å². The van der Waals surface area contributed by atoms with Gasteiger partial charge in [0.2, 0.25) is 0 Å². The molecule has 30 heavy (non-hydrogen) atoms. The highest BCUT2D eigenvalue weighted by Crippen LogP contribution is 2.20. The van der Waals surface area contributed by atoms with Crippen molar-refractivity contribution in [3.8, 4) is 5.75 Å². The van der Waals surface area contributed by atoms with Crippen molar-refractivity contribution >= 4 is 39.8 Å². The molecule has 0 heterocycles. The van der Waals surface area contributed by atoms with Gasteiger partial charge in [0.1, 0.15) is 5.75 Å². The van der Waals surface area contributed by atoms with E-state index >= 15 is 0 Å². The zero-order chi connectivity index (χ0) is 21.1. The van der Waals surface area contributed by atoms with E-state index in [1.165, 1.54) is 0 Å². The molecule has 2 rings (SSSR count). The van der Waals surface area contributed by atoms with Gasteiger partial charge in [0, 0.05) is 18.7 Å². The SMILES string of the molecule is CCNC(=NCc1ccc(C)cc1OC)NCCCS(=O)(=O)Cc1ccccc1.I. The van der Waals surface area contributed by atoms with Gasteiger partial charge in [-0.1, -0.05) is 42.5 Å². The van der Waals surface area contributed by atoms with E-state index in [1.54, 1.807) is 7.11 Å². The van der Waals surface area contributed by atoms with Crippen LogP contribution in [0, 0.1) is 6.92 Å². The summed E-state index contributed by atoms with van der Waals surface area (Å²) in [5, 5.41) is 6.40. The summed E-state index contributed by atoms with van der Waals surface area (Å²) >= 11 is 0. The molecule has 0 saturated carbocycles. The number of ether oxygens (including phenoxy) is 1. The first kappa shape index (κ1) is 26.2. The van der Waals surface area contributed by atoms with Gasteiger partial charge in [0.05, 0.1) is 25.2 Å². The van der Waals surface area contributed by atoms with Crippen molar-refractivity contribution < 1.29 is 13.2 Å². The number of aliphatic imine (C=N–C) groups is 1. The van der Waals surface area contributed by atoms with Crippen LogP contribution in [0.4, 0.5) is 0 Å². The second-order valence-electron chi connectivity index (χ2n) is 6.87. The van der Waals surface area contributed by atoms with Gasteiger partial charge < -0.3 is 15.4 Å². The maximum absolute atomic E-state index is 12.3. The monoisotopic (exact) mass is 545 g/mol. The summed E-state index contributed by atoms with van der Waals surface area (Å²) in [6.07, 6.45) is 0.521. The molecule has 0 atom stereocenters.